The molecule has 14 heavy (non-hydrogen) atoms. The molecular weight excluding hydrogens is 180 g/mol. The standard InChI is InChI=1S/C10H18N2O2/c1-10(3-2-4-14-10)7-12-6-8(11)5-9(12)13/h8H,2-7,11H2,1H3. The highest BCUT2D eigenvalue weighted by Gasteiger charge is 2.36. The lowest BCUT2D eigenvalue weighted by Gasteiger charge is -2.29. The molecule has 2 rings (SSSR count). The summed E-state index contributed by atoms with van der Waals surface area (Å²) in [6, 6.07) is 0.0208. The summed E-state index contributed by atoms with van der Waals surface area (Å²) in [6.07, 6.45) is 2.65. The average Bonchev–Trinajstić information content (AvgIpc) is 2.61. The predicted octanol–water partition coefficient (Wildman–Crippen LogP) is 0.115. The summed E-state index contributed by atoms with van der Waals surface area (Å²) in [7, 11) is 0. The Kier molecular flexibility index (Phi) is 2.49. The molecule has 2 atom stereocenters. The number of nitrogens with two attached hydrogens (primary N) is 1. The highest BCUT2D eigenvalue weighted by Crippen LogP contribution is 2.27. The highest BCUT2D eigenvalue weighted by molar-refractivity contribution is 5.79. The number of likely N-dealkylation sites (tertiary alicyclic amines) is 1. The van der Waals surface area contributed by atoms with Gasteiger partial charge in [-0.1, -0.05) is 0 Å². The highest BCUT2D eigenvalue weighted by atomic mass is 16.5. The SMILES string of the molecule is CC1(CN2CC(N)CC2=O)CCCO1. The van der Waals surface area contributed by atoms with Crippen LogP contribution >= 0.6 is 0 Å². The van der Waals surface area contributed by atoms with E-state index in [1.54, 1.807) is 0 Å². The van der Waals surface area contributed by atoms with Gasteiger partial charge in [-0.05, 0) is 19.8 Å². The Bertz CT molecular complexity index is 236. The lowest BCUT2D eigenvalue weighted by atomic mass is 10.0. The Labute approximate surface area is 84.4 Å². The summed E-state index contributed by atoms with van der Waals surface area (Å²) in [6.45, 7) is 4.30. The van der Waals surface area contributed by atoms with E-state index < -0.39 is 0 Å². The van der Waals surface area contributed by atoms with Gasteiger partial charge in [-0.2, -0.15) is 0 Å². The maximum Gasteiger partial charge on any atom is 0.224 e. The number of rotatable bonds is 2. The second-order valence-electron chi connectivity index (χ2n) is 4.64. The summed E-state index contributed by atoms with van der Waals surface area (Å²) in [5.74, 6) is 0.175. The molecule has 4 heteroatoms. The van der Waals surface area contributed by atoms with Crippen LogP contribution in [0.15, 0.2) is 0 Å². The van der Waals surface area contributed by atoms with E-state index in [-0.39, 0.29) is 17.6 Å². The van der Waals surface area contributed by atoms with Crippen molar-refractivity contribution in [1.29, 1.82) is 0 Å². The molecule has 0 aromatic heterocycles. The first kappa shape index (κ1) is 9.93. The summed E-state index contributed by atoms with van der Waals surface area (Å²) in [4.78, 5) is 13.3. The first-order valence-electron chi connectivity index (χ1n) is 5.26. The molecule has 4 nitrogen and oxygen atoms in total. The largest absolute Gasteiger partial charge is 0.373 e. The molecule has 0 saturated carbocycles. The fourth-order valence-corrected chi connectivity index (χ4v) is 2.32. The maximum atomic E-state index is 11.5. The van der Waals surface area contributed by atoms with Gasteiger partial charge in [0.15, 0.2) is 0 Å². The van der Waals surface area contributed by atoms with Crippen LogP contribution in [0.3, 0.4) is 0 Å². The molecule has 0 radical (unpaired) electrons. The lowest BCUT2D eigenvalue weighted by Crippen LogP contribution is -2.41. The smallest absolute Gasteiger partial charge is 0.224 e. The van der Waals surface area contributed by atoms with Crippen LogP contribution in [0.25, 0.3) is 0 Å². The van der Waals surface area contributed by atoms with Crippen molar-refractivity contribution in [2.75, 3.05) is 19.7 Å². The first-order valence-corrected chi connectivity index (χ1v) is 5.26. The van der Waals surface area contributed by atoms with E-state index in [1.165, 1.54) is 0 Å². The van der Waals surface area contributed by atoms with Crippen LogP contribution in [0.4, 0.5) is 0 Å². The molecule has 2 unspecified atom stereocenters. The molecule has 0 bridgehead atoms. The summed E-state index contributed by atoms with van der Waals surface area (Å²) in [5, 5.41) is 0. The molecule has 0 aromatic carbocycles. The summed E-state index contributed by atoms with van der Waals surface area (Å²) >= 11 is 0. The van der Waals surface area contributed by atoms with Gasteiger partial charge in [0, 0.05) is 32.2 Å². The van der Waals surface area contributed by atoms with Crippen molar-refractivity contribution in [3.05, 3.63) is 0 Å². The van der Waals surface area contributed by atoms with Gasteiger partial charge in [0.1, 0.15) is 0 Å². The fraction of sp³-hybridized carbons (Fsp3) is 0.900. The van der Waals surface area contributed by atoms with Crippen LogP contribution < -0.4 is 5.73 Å². The van der Waals surface area contributed by atoms with Crippen LogP contribution in [0.2, 0.25) is 0 Å². The Morgan fingerprint density at radius 1 is 1.71 bits per heavy atom. The molecule has 0 aromatic rings. The van der Waals surface area contributed by atoms with Gasteiger partial charge in [-0.3, -0.25) is 4.79 Å². The average molecular weight is 198 g/mol. The molecule has 2 saturated heterocycles. The van der Waals surface area contributed by atoms with Crippen LogP contribution in [0.5, 0.6) is 0 Å². The Balaban J connectivity index is 1.93. The van der Waals surface area contributed by atoms with Crippen LogP contribution in [-0.2, 0) is 9.53 Å². The molecule has 0 aliphatic carbocycles. The summed E-state index contributed by atoms with van der Waals surface area (Å²) in [5.41, 5.74) is 5.60. The number of carbonyl (C=O) groups excluding carboxylic acids is 1. The Hall–Kier alpha value is -0.610. The van der Waals surface area contributed by atoms with Gasteiger partial charge in [-0.25, -0.2) is 0 Å². The van der Waals surface area contributed by atoms with Crippen molar-refractivity contribution < 1.29 is 9.53 Å². The van der Waals surface area contributed by atoms with Gasteiger partial charge in [-0.15, -0.1) is 0 Å². The van der Waals surface area contributed by atoms with Crippen LogP contribution in [0.1, 0.15) is 26.2 Å². The van der Waals surface area contributed by atoms with Gasteiger partial charge >= 0.3 is 0 Å². The van der Waals surface area contributed by atoms with Crippen molar-refractivity contribution in [2.24, 2.45) is 5.73 Å². The van der Waals surface area contributed by atoms with Crippen molar-refractivity contribution >= 4 is 5.91 Å². The molecule has 2 N–H and O–H groups in total. The molecule has 80 valence electrons. The second kappa shape index (κ2) is 3.51. The zero-order valence-electron chi connectivity index (χ0n) is 8.66. The van der Waals surface area contributed by atoms with E-state index in [4.69, 9.17) is 10.5 Å². The third-order valence-electron chi connectivity index (χ3n) is 3.07. The number of nitrogens with zero attached hydrogens (tertiary/aromatic N) is 1. The maximum absolute atomic E-state index is 11.5. The monoisotopic (exact) mass is 198 g/mol. The van der Waals surface area contributed by atoms with Gasteiger partial charge < -0.3 is 15.4 Å². The van der Waals surface area contributed by atoms with E-state index >= 15 is 0 Å². The zero-order chi connectivity index (χ0) is 10.2. The topological polar surface area (TPSA) is 55.6 Å². The Morgan fingerprint density at radius 3 is 3.00 bits per heavy atom. The lowest BCUT2D eigenvalue weighted by molar-refractivity contribution is -0.130. The molecule has 2 aliphatic heterocycles. The third-order valence-corrected chi connectivity index (χ3v) is 3.07. The number of hydrogen-bond acceptors (Lipinski definition) is 3. The predicted molar refractivity (Wildman–Crippen MR) is 52.8 cm³/mol. The first-order chi connectivity index (χ1) is 6.59. The van der Waals surface area contributed by atoms with E-state index in [1.807, 2.05) is 4.90 Å². The molecule has 2 aliphatic rings. The van der Waals surface area contributed by atoms with Gasteiger partial charge in [0.25, 0.3) is 0 Å². The minimum Gasteiger partial charge on any atom is -0.373 e. The normalized spacial score (nSPS) is 38.3. The number of hydrogen-bond donors (Lipinski definition) is 1. The molecule has 1 amide bonds. The summed E-state index contributed by atoms with van der Waals surface area (Å²) < 4.78 is 5.65. The molecule has 0 spiro atoms. The minimum absolute atomic E-state index is 0.0208. The van der Waals surface area contributed by atoms with E-state index in [2.05, 4.69) is 6.92 Å². The zero-order valence-corrected chi connectivity index (χ0v) is 8.66. The Morgan fingerprint density at radius 2 is 2.50 bits per heavy atom. The van der Waals surface area contributed by atoms with Crippen LogP contribution in [0, 0.1) is 0 Å². The minimum atomic E-state index is -0.125. The van der Waals surface area contributed by atoms with Gasteiger partial charge in [0.05, 0.1) is 5.60 Å². The van der Waals surface area contributed by atoms with Crippen molar-refractivity contribution in [1.82, 2.24) is 4.90 Å². The van der Waals surface area contributed by atoms with Gasteiger partial charge in [0.2, 0.25) is 5.91 Å². The number of carbonyl (C=O) groups is 1. The second-order valence-corrected chi connectivity index (χ2v) is 4.64. The van der Waals surface area contributed by atoms with Crippen molar-refractivity contribution in [2.45, 2.75) is 37.8 Å². The van der Waals surface area contributed by atoms with E-state index in [9.17, 15) is 4.79 Å². The number of amides is 1. The van der Waals surface area contributed by atoms with Crippen molar-refractivity contribution in [3.63, 3.8) is 0 Å². The molecule has 2 fully saturated rings. The number of ether oxygens (including phenoxy) is 1. The quantitative estimate of drug-likeness (QED) is 0.685. The fourth-order valence-electron chi connectivity index (χ4n) is 2.32. The van der Waals surface area contributed by atoms with E-state index in [0.717, 1.165) is 19.4 Å². The van der Waals surface area contributed by atoms with Crippen molar-refractivity contribution in [3.8, 4) is 0 Å². The molecule has 2 heterocycles. The molecular formula is C10H18N2O2. The van der Waals surface area contributed by atoms with Crippen LogP contribution in [-0.4, -0.2) is 42.1 Å². The third kappa shape index (κ3) is 1.91. The van der Waals surface area contributed by atoms with E-state index in [0.29, 0.717) is 19.5 Å².